The molecule has 0 aliphatic heterocycles. The number of nitrogens with zero attached hydrogens (tertiary/aromatic N) is 3. The zero-order chi connectivity index (χ0) is 23.0. The first-order valence-corrected chi connectivity index (χ1v) is 11.3. The van der Waals surface area contributed by atoms with Gasteiger partial charge in [0, 0.05) is 16.9 Å². The maximum Gasteiger partial charge on any atom is 0.317 e. The largest absolute Gasteiger partial charge is 0.452 e. The van der Waals surface area contributed by atoms with Gasteiger partial charge in [-0.15, -0.1) is 10.2 Å². The Hall–Kier alpha value is -3.91. The second-order valence-corrected chi connectivity index (χ2v) is 8.06. The third kappa shape index (κ3) is 5.67. The summed E-state index contributed by atoms with van der Waals surface area (Å²) < 4.78 is 7.22. The van der Waals surface area contributed by atoms with E-state index in [0.29, 0.717) is 16.7 Å². The molecule has 0 saturated heterocycles. The molecule has 1 unspecified atom stereocenters. The van der Waals surface area contributed by atoms with Crippen molar-refractivity contribution in [1.82, 2.24) is 14.8 Å². The van der Waals surface area contributed by atoms with Gasteiger partial charge in [0.25, 0.3) is 5.91 Å². The Balaban J connectivity index is 1.44. The molecule has 1 N–H and O–H groups in total. The summed E-state index contributed by atoms with van der Waals surface area (Å²) in [6, 6.07) is 28.4. The molecule has 0 aliphatic rings. The molecule has 1 amide bonds. The first-order valence-electron chi connectivity index (χ1n) is 10.4. The summed E-state index contributed by atoms with van der Waals surface area (Å²) in [6.45, 7) is 1.54. The van der Waals surface area contributed by atoms with Crippen molar-refractivity contribution >= 4 is 29.3 Å². The van der Waals surface area contributed by atoms with Gasteiger partial charge in [-0.05, 0) is 31.2 Å². The highest BCUT2D eigenvalue weighted by molar-refractivity contribution is 7.99. The van der Waals surface area contributed by atoms with Crippen molar-refractivity contribution in [2.75, 3.05) is 11.1 Å². The maximum atomic E-state index is 12.4. The minimum Gasteiger partial charge on any atom is -0.452 e. The zero-order valence-corrected chi connectivity index (χ0v) is 18.7. The summed E-state index contributed by atoms with van der Waals surface area (Å²) in [5.41, 5.74) is 2.44. The Bertz CT molecular complexity index is 1210. The lowest BCUT2D eigenvalue weighted by Gasteiger charge is -2.14. The van der Waals surface area contributed by atoms with Crippen LogP contribution in [0.5, 0.6) is 0 Å². The quantitative estimate of drug-likeness (QED) is 0.307. The number of amides is 1. The number of ether oxygens (including phenoxy) is 1. The third-order valence-corrected chi connectivity index (χ3v) is 5.62. The van der Waals surface area contributed by atoms with Gasteiger partial charge in [-0.1, -0.05) is 78.5 Å². The van der Waals surface area contributed by atoms with E-state index in [2.05, 4.69) is 15.5 Å². The van der Waals surface area contributed by atoms with E-state index in [4.69, 9.17) is 4.74 Å². The molecule has 1 heterocycles. The van der Waals surface area contributed by atoms with Gasteiger partial charge in [-0.25, -0.2) is 0 Å². The highest BCUT2D eigenvalue weighted by Gasteiger charge is 2.21. The van der Waals surface area contributed by atoms with Gasteiger partial charge in [0.05, 0.1) is 5.75 Å². The van der Waals surface area contributed by atoms with Crippen molar-refractivity contribution in [3.8, 4) is 17.1 Å². The van der Waals surface area contributed by atoms with E-state index < -0.39 is 18.0 Å². The highest BCUT2D eigenvalue weighted by atomic mass is 32.2. The number of rotatable bonds is 8. The van der Waals surface area contributed by atoms with Crippen LogP contribution in [0, 0.1) is 0 Å². The topological polar surface area (TPSA) is 86.1 Å². The van der Waals surface area contributed by atoms with Crippen LogP contribution in [-0.4, -0.2) is 38.5 Å². The molecule has 4 aromatic rings. The Labute approximate surface area is 195 Å². The molecule has 0 radical (unpaired) electrons. The average molecular weight is 459 g/mol. The van der Waals surface area contributed by atoms with E-state index in [-0.39, 0.29) is 5.75 Å². The normalized spacial score (nSPS) is 11.5. The molecule has 0 fully saturated rings. The van der Waals surface area contributed by atoms with Gasteiger partial charge in [-0.2, -0.15) is 0 Å². The standard InChI is InChI=1S/C25H22N4O3S/c1-18(24(31)26-20-13-7-3-8-14-20)32-22(30)17-33-25-28-27-23(19-11-5-2-6-12-19)29(25)21-15-9-4-10-16-21/h2-16,18H,17H2,1H3,(H,26,31). The fraction of sp³-hybridized carbons (Fsp3) is 0.120. The predicted molar refractivity (Wildman–Crippen MR) is 128 cm³/mol. The molecule has 0 aliphatic carbocycles. The average Bonchev–Trinajstić information content (AvgIpc) is 3.28. The van der Waals surface area contributed by atoms with E-state index in [9.17, 15) is 9.59 Å². The Morgan fingerprint density at radius 3 is 2.18 bits per heavy atom. The number of thioether (sulfide) groups is 1. The Morgan fingerprint density at radius 2 is 1.52 bits per heavy atom. The smallest absolute Gasteiger partial charge is 0.317 e. The summed E-state index contributed by atoms with van der Waals surface area (Å²) in [7, 11) is 0. The molecule has 0 spiro atoms. The molecule has 0 saturated carbocycles. The van der Waals surface area contributed by atoms with Gasteiger partial charge < -0.3 is 10.1 Å². The van der Waals surface area contributed by atoms with E-state index in [1.807, 2.05) is 83.4 Å². The molecular weight excluding hydrogens is 436 g/mol. The number of benzene rings is 3. The number of hydrogen-bond acceptors (Lipinski definition) is 6. The molecule has 3 aromatic carbocycles. The second-order valence-electron chi connectivity index (χ2n) is 7.12. The number of carbonyl (C=O) groups excluding carboxylic acids is 2. The fourth-order valence-corrected chi connectivity index (χ4v) is 3.86. The Kier molecular flexibility index (Phi) is 7.16. The number of carbonyl (C=O) groups is 2. The van der Waals surface area contributed by atoms with E-state index in [0.717, 1.165) is 11.3 Å². The number of nitrogens with one attached hydrogen (secondary N) is 1. The minimum atomic E-state index is -0.926. The van der Waals surface area contributed by atoms with Gasteiger partial charge >= 0.3 is 5.97 Å². The van der Waals surface area contributed by atoms with Crippen LogP contribution in [0.2, 0.25) is 0 Å². The fourth-order valence-electron chi connectivity index (χ4n) is 3.12. The van der Waals surface area contributed by atoms with Crippen LogP contribution in [0.4, 0.5) is 5.69 Å². The van der Waals surface area contributed by atoms with Gasteiger partial charge in [0.15, 0.2) is 17.1 Å². The van der Waals surface area contributed by atoms with Crippen molar-refractivity contribution in [1.29, 1.82) is 0 Å². The van der Waals surface area contributed by atoms with Gasteiger partial charge in [0.1, 0.15) is 0 Å². The van der Waals surface area contributed by atoms with Gasteiger partial charge in [-0.3, -0.25) is 14.2 Å². The molecule has 33 heavy (non-hydrogen) atoms. The van der Waals surface area contributed by atoms with E-state index >= 15 is 0 Å². The predicted octanol–water partition coefficient (Wildman–Crippen LogP) is 4.60. The second kappa shape index (κ2) is 10.6. The summed E-state index contributed by atoms with van der Waals surface area (Å²) in [4.78, 5) is 24.7. The Morgan fingerprint density at radius 1 is 0.909 bits per heavy atom. The zero-order valence-electron chi connectivity index (χ0n) is 17.9. The molecule has 0 bridgehead atoms. The lowest BCUT2D eigenvalue weighted by molar-refractivity contribution is -0.150. The van der Waals surface area contributed by atoms with Crippen LogP contribution in [0.1, 0.15) is 6.92 Å². The molecule has 8 heteroatoms. The van der Waals surface area contributed by atoms with E-state index in [1.54, 1.807) is 19.1 Å². The molecule has 7 nitrogen and oxygen atoms in total. The van der Waals surface area contributed by atoms with Crippen LogP contribution >= 0.6 is 11.8 Å². The van der Waals surface area contributed by atoms with Crippen LogP contribution in [0.15, 0.2) is 96.2 Å². The van der Waals surface area contributed by atoms with Crippen LogP contribution in [0.25, 0.3) is 17.1 Å². The lowest BCUT2D eigenvalue weighted by Crippen LogP contribution is -2.30. The lowest BCUT2D eigenvalue weighted by atomic mass is 10.2. The number of para-hydroxylation sites is 2. The first kappa shape index (κ1) is 22.3. The molecule has 4 rings (SSSR count). The summed E-state index contributed by atoms with van der Waals surface area (Å²) in [5, 5.41) is 11.9. The number of aromatic nitrogens is 3. The van der Waals surface area contributed by atoms with E-state index in [1.165, 1.54) is 11.8 Å². The molecule has 1 atom stereocenters. The van der Waals surface area contributed by atoms with Crippen molar-refractivity contribution in [3.63, 3.8) is 0 Å². The molecular formula is C25H22N4O3S. The van der Waals surface area contributed by atoms with Crippen molar-refractivity contribution in [3.05, 3.63) is 91.0 Å². The molecule has 166 valence electrons. The monoisotopic (exact) mass is 458 g/mol. The molecule has 1 aromatic heterocycles. The summed E-state index contributed by atoms with van der Waals surface area (Å²) in [6.07, 6.45) is -0.926. The minimum absolute atomic E-state index is 0.0112. The summed E-state index contributed by atoms with van der Waals surface area (Å²) >= 11 is 1.21. The first-order chi connectivity index (χ1) is 16.1. The van der Waals surface area contributed by atoms with Crippen LogP contribution in [0.3, 0.4) is 0 Å². The number of hydrogen-bond donors (Lipinski definition) is 1. The van der Waals surface area contributed by atoms with Crippen LogP contribution < -0.4 is 5.32 Å². The van der Waals surface area contributed by atoms with Crippen molar-refractivity contribution in [2.45, 2.75) is 18.2 Å². The third-order valence-electron chi connectivity index (χ3n) is 4.72. The maximum absolute atomic E-state index is 12.4. The highest BCUT2D eigenvalue weighted by Crippen LogP contribution is 2.28. The van der Waals surface area contributed by atoms with Gasteiger partial charge in [0.2, 0.25) is 0 Å². The van der Waals surface area contributed by atoms with Crippen LogP contribution in [-0.2, 0) is 14.3 Å². The van der Waals surface area contributed by atoms with Crippen molar-refractivity contribution < 1.29 is 14.3 Å². The number of esters is 1. The SMILES string of the molecule is CC(OC(=O)CSc1nnc(-c2ccccc2)n1-c1ccccc1)C(=O)Nc1ccccc1. The number of anilines is 1. The summed E-state index contributed by atoms with van der Waals surface area (Å²) in [5.74, 6) is -0.242. The van der Waals surface area contributed by atoms with Crippen molar-refractivity contribution in [2.24, 2.45) is 0 Å².